The second-order valence-corrected chi connectivity index (χ2v) is 7.88. The highest BCUT2D eigenvalue weighted by molar-refractivity contribution is 5.85. The molecular formula is C25H28N2O3. The topological polar surface area (TPSA) is 64.3 Å². The third-order valence-electron chi connectivity index (χ3n) is 5.00. The third-order valence-corrected chi connectivity index (χ3v) is 5.00. The number of hydrogen-bond acceptors (Lipinski definition) is 3. The average molecular weight is 405 g/mol. The van der Waals surface area contributed by atoms with E-state index >= 15 is 0 Å². The highest BCUT2D eigenvalue weighted by Crippen LogP contribution is 2.26. The monoisotopic (exact) mass is 404 g/mol. The second kappa shape index (κ2) is 9.49. The molecule has 30 heavy (non-hydrogen) atoms. The molecule has 0 aliphatic rings. The Kier molecular flexibility index (Phi) is 6.79. The number of carboxylic acids is 1. The van der Waals surface area contributed by atoms with Crippen LogP contribution in [0, 0.1) is 17.8 Å². The molecule has 3 aromatic rings. The zero-order valence-corrected chi connectivity index (χ0v) is 18.0. The van der Waals surface area contributed by atoms with Gasteiger partial charge < -0.3 is 9.84 Å². The van der Waals surface area contributed by atoms with Crippen LogP contribution in [0.25, 0.3) is 10.9 Å². The van der Waals surface area contributed by atoms with Crippen LogP contribution in [0.5, 0.6) is 5.75 Å². The summed E-state index contributed by atoms with van der Waals surface area (Å²) in [5, 5.41) is 15.0. The number of ether oxygens (including phenoxy) is 1. The van der Waals surface area contributed by atoms with Crippen LogP contribution in [0.4, 0.5) is 0 Å². The lowest BCUT2D eigenvalue weighted by Gasteiger charge is -2.11. The van der Waals surface area contributed by atoms with Gasteiger partial charge in [-0.2, -0.15) is 5.10 Å². The molecule has 0 radical (unpaired) electrons. The van der Waals surface area contributed by atoms with Gasteiger partial charge in [-0.05, 0) is 37.0 Å². The van der Waals surface area contributed by atoms with E-state index < -0.39 is 5.97 Å². The summed E-state index contributed by atoms with van der Waals surface area (Å²) in [5.41, 5.74) is 4.19. The number of benzene rings is 2. The lowest BCUT2D eigenvalue weighted by Crippen LogP contribution is -2.05. The largest absolute Gasteiger partial charge is 0.489 e. The van der Waals surface area contributed by atoms with E-state index in [9.17, 15) is 4.79 Å². The smallest absolute Gasteiger partial charge is 0.304 e. The van der Waals surface area contributed by atoms with Crippen molar-refractivity contribution in [1.82, 2.24) is 9.78 Å². The predicted molar refractivity (Wildman–Crippen MR) is 118 cm³/mol. The average Bonchev–Trinajstić information content (AvgIpc) is 3.01. The summed E-state index contributed by atoms with van der Waals surface area (Å²) in [6, 6.07) is 13.8. The second-order valence-electron chi connectivity index (χ2n) is 7.88. The van der Waals surface area contributed by atoms with Gasteiger partial charge >= 0.3 is 5.97 Å². The minimum Gasteiger partial charge on any atom is -0.489 e. The molecule has 0 spiro atoms. The number of nitrogens with zero attached hydrogens (tertiary/aromatic N) is 2. The quantitative estimate of drug-likeness (QED) is 0.541. The van der Waals surface area contributed by atoms with E-state index in [1.54, 1.807) is 6.92 Å². The summed E-state index contributed by atoms with van der Waals surface area (Å²) in [7, 11) is 1.97. The van der Waals surface area contributed by atoms with Gasteiger partial charge in [-0.25, -0.2) is 0 Å². The van der Waals surface area contributed by atoms with Gasteiger partial charge in [0.15, 0.2) is 0 Å². The predicted octanol–water partition coefficient (Wildman–Crippen LogP) is 4.93. The molecule has 1 aromatic heterocycles. The number of aryl methyl sites for hydroxylation is 1. The maximum Gasteiger partial charge on any atom is 0.304 e. The number of para-hydroxylation sites is 1. The summed E-state index contributed by atoms with van der Waals surface area (Å²) in [4.78, 5) is 11.1. The molecule has 0 amide bonds. The summed E-state index contributed by atoms with van der Waals surface area (Å²) < 4.78 is 7.97. The van der Waals surface area contributed by atoms with E-state index in [0.29, 0.717) is 12.5 Å². The molecule has 2 aromatic carbocycles. The molecule has 3 rings (SSSR count). The van der Waals surface area contributed by atoms with Crippen LogP contribution in [0.1, 0.15) is 49.9 Å². The van der Waals surface area contributed by atoms with Crippen molar-refractivity contribution >= 4 is 16.9 Å². The van der Waals surface area contributed by atoms with Crippen LogP contribution in [0.15, 0.2) is 42.5 Å². The van der Waals surface area contributed by atoms with Crippen molar-refractivity contribution < 1.29 is 14.6 Å². The zero-order valence-electron chi connectivity index (χ0n) is 18.0. The normalized spacial score (nSPS) is 11.9. The maximum absolute atomic E-state index is 11.1. The summed E-state index contributed by atoms with van der Waals surface area (Å²) in [5.74, 6) is 5.89. The van der Waals surface area contributed by atoms with E-state index in [2.05, 4.69) is 43.9 Å². The number of rotatable bonds is 8. The number of aromatic nitrogens is 2. The first-order valence-corrected chi connectivity index (χ1v) is 10.2. The molecule has 5 heteroatoms. The molecular weight excluding hydrogens is 376 g/mol. The fourth-order valence-corrected chi connectivity index (χ4v) is 3.70. The number of carboxylic acid groups (broad SMARTS) is 1. The van der Waals surface area contributed by atoms with Crippen molar-refractivity contribution in [2.45, 2.75) is 46.1 Å². The van der Waals surface area contributed by atoms with Crippen LogP contribution >= 0.6 is 0 Å². The number of fused-ring (bicyclic) bond motifs is 1. The molecule has 0 aliphatic heterocycles. The minimum atomic E-state index is -0.857. The molecule has 156 valence electrons. The van der Waals surface area contributed by atoms with Crippen LogP contribution < -0.4 is 4.74 Å². The molecule has 1 unspecified atom stereocenters. The number of hydrogen-bond donors (Lipinski definition) is 1. The van der Waals surface area contributed by atoms with Gasteiger partial charge in [-0.3, -0.25) is 9.48 Å². The molecule has 5 nitrogen and oxygen atoms in total. The number of aliphatic carboxylic acids is 1. The zero-order chi connectivity index (χ0) is 21.7. The first kappa shape index (κ1) is 21.4. The Bertz CT molecular complexity index is 1090. The van der Waals surface area contributed by atoms with Crippen LogP contribution in [-0.4, -0.2) is 20.9 Å². The van der Waals surface area contributed by atoms with Crippen LogP contribution in [-0.2, 0) is 24.9 Å². The molecule has 1 N–H and O–H groups in total. The molecule has 0 saturated heterocycles. The molecule has 1 atom stereocenters. The summed E-state index contributed by atoms with van der Waals surface area (Å²) in [6.45, 7) is 6.55. The highest BCUT2D eigenvalue weighted by Gasteiger charge is 2.15. The number of carbonyl (C=O) groups is 1. The van der Waals surface area contributed by atoms with Crippen molar-refractivity contribution in [1.29, 1.82) is 0 Å². The maximum atomic E-state index is 11.1. The van der Waals surface area contributed by atoms with E-state index in [0.717, 1.165) is 34.5 Å². The van der Waals surface area contributed by atoms with Gasteiger partial charge in [0.2, 0.25) is 0 Å². The molecule has 1 heterocycles. The van der Waals surface area contributed by atoms with E-state index in [4.69, 9.17) is 14.9 Å². The van der Waals surface area contributed by atoms with Gasteiger partial charge in [0.05, 0.1) is 23.5 Å². The summed E-state index contributed by atoms with van der Waals surface area (Å²) >= 11 is 0. The SMILES string of the molecule is CC#CC(CC(=O)O)c1ccc(OCc2cccc3c(CC(C)C)nn(C)c23)cc1. The van der Waals surface area contributed by atoms with Crippen molar-refractivity contribution in [3.63, 3.8) is 0 Å². The Hall–Kier alpha value is -3.26. The first-order chi connectivity index (χ1) is 14.4. The van der Waals surface area contributed by atoms with E-state index in [1.165, 1.54) is 5.39 Å². The molecule has 0 aliphatic carbocycles. The highest BCUT2D eigenvalue weighted by atomic mass is 16.5. The lowest BCUT2D eigenvalue weighted by atomic mass is 9.96. The van der Waals surface area contributed by atoms with E-state index in [-0.39, 0.29) is 12.3 Å². The van der Waals surface area contributed by atoms with Crippen molar-refractivity contribution in [2.24, 2.45) is 13.0 Å². The fourth-order valence-electron chi connectivity index (χ4n) is 3.70. The van der Waals surface area contributed by atoms with Gasteiger partial charge in [-0.1, -0.05) is 50.1 Å². The van der Waals surface area contributed by atoms with Gasteiger partial charge in [0, 0.05) is 18.0 Å². The lowest BCUT2D eigenvalue weighted by molar-refractivity contribution is -0.137. The standard InChI is InChI=1S/C25H28N2O3/c1-5-7-19(15-24(28)29)18-10-12-21(13-11-18)30-16-20-8-6-9-22-23(14-17(2)3)26-27(4)25(20)22/h6,8-13,17,19H,14-16H2,1-4H3,(H,28,29). The van der Waals surface area contributed by atoms with Gasteiger partial charge in [-0.15, -0.1) is 5.92 Å². The Morgan fingerprint density at radius 2 is 1.93 bits per heavy atom. The minimum absolute atomic E-state index is 0.0117. The first-order valence-electron chi connectivity index (χ1n) is 10.2. The van der Waals surface area contributed by atoms with Crippen molar-refractivity contribution in [3.8, 4) is 17.6 Å². The Labute approximate surface area is 177 Å². The molecule has 0 fully saturated rings. The van der Waals surface area contributed by atoms with Gasteiger partial charge in [0.1, 0.15) is 12.4 Å². The van der Waals surface area contributed by atoms with Crippen molar-refractivity contribution in [2.75, 3.05) is 0 Å². The van der Waals surface area contributed by atoms with Crippen LogP contribution in [0.3, 0.4) is 0 Å². The van der Waals surface area contributed by atoms with Gasteiger partial charge in [0.25, 0.3) is 0 Å². The Morgan fingerprint density at radius 1 is 1.20 bits per heavy atom. The molecule has 0 saturated carbocycles. The molecule has 0 bridgehead atoms. The van der Waals surface area contributed by atoms with Crippen LogP contribution in [0.2, 0.25) is 0 Å². The Balaban J connectivity index is 1.77. The van der Waals surface area contributed by atoms with Crippen molar-refractivity contribution in [3.05, 3.63) is 59.3 Å². The Morgan fingerprint density at radius 3 is 2.57 bits per heavy atom. The third kappa shape index (κ3) is 5.01. The summed E-state index contributed by atoms with van der Waals surface area (Å²) in [6.07, 6.45) is 0.934. The fraction of sp³-hybridized carbons (Fsp3) is 0.360. The van der Waals surface area contributed by atoms with E-state index in [1.807, 2.05) is 36.0 Å².